The first-order valence-corrected chi connectivity index (χ1v) is 10.1. The van der Waals surface area contributed by atoms with Crippen molar-refractivity contribution in [3.05, 3.63) is 78.1 Å². The number of pyridine rings is 2. The Morgan fingerprint density at radius 2 is 1.97 bits per heavy atom. The van der Waals surface area contributed by atoms with E-state index in [1.54, 1.807) is 41.6 Å². The Balaban J connectivity index is 1.49. The van der Waals surface area contributed by atoms with Gasteiger partial charge < -0.3 is 10.6 Å². The molecule has 1 aliphatic rings. The van der Waals surface area contributed by atoms with Crippen LogP contribution >= 0.6 is 0 Å². The fourth-order valence-electron chi connectivity index (χ4n) is 4.10. The second-order valence-electron chi connectivity index (χ2n) is 7.86. The van der Waals surface area contributed by atoms with Gasteiger partial charge in [-0.05, 0) is 54.3 Å². The maximum Gasteiger partial charge on any atom is 0.254 e. The number of benzene rings is 1. The molecular weight excluding hydrogens is 395 g/mol. The third kappa shape index (κ3) is 3.20. The maximum absolute atomic E-state index is 13.3. The molecule has 31 heavy (non-hydrogen) atoms. The van der Waals surface area contributed by atoms with Crippen molar-refractivity contribution in [1.29, 1.82) is 0 Å². The number of hydrogen-bond acceptors (Lipinski definition) is 5. The van der Waals surface area contributed by atoms with Gasteiger partial charge in [-0.2, -0.15) is 5.10 Å². The number of hydrogen-bond donors (Lipinski definition) is 2. The van der Waals surface area contributed by atoms with Crippen LogP contribution in [0.5, 0.6) is 0 Å². The molecule has 3 heterocycles. The Kier molecular flexibility index (Phi) is 4.43. The van der Waals surface area contributed by atoms with E-state index in [0.717, 1.165) is 17.8 Å². The van der Waals surface area contributed by atoms with Crippen LogP contribution in [0.3, 0.4) is 0 Å². The highest BCUT2D eigenvalue weighted by Crippen LogP contribution is 2.52. The molecule has 2 atom stereocenters. The highest BCUT2D eigenvalue weighted by molar-refractivity contribution is 6.06. The van der Waals surface area contributed by atoms with Crippen molar-refractivity contribution in [2.75, 3.05) is 12.4 Å². The predicted octanol–water partition coefficient (Wildman–Crippen LogP) is 3.66. The molecule has 1 amide bonds. The summed E-state index contributed by atoms with van der Waals surface area (Å²) in [4.78, 5) is 21.8. The summed E-state index contributed by atoms with van der Waals surface area (Å²) in [5, 5.41) is 11.4. The van der Waals surface area contributed by atoms with Crippen LogP contribution in [0.25, 0.3) is 16.6 Å². The van der Waals surface area contributed by atoms with Crippen molar-refractivity contribution in [2.24, 2.45) is 5.92 Å². The number of anilines is 1. The van der Waals surface area contributed by atoms with E-state index in [0.29, 0.717) is 28.1 Å². The zero-order valence-corrected chi connectivity index (χ0v) is 17.1. The molecule has 4 aromatic rings. The van der Waals surface area contributed by atoms with Gasteiger partial charge in [0, 0.05) is 24.8 Å². The molecule has 156 valence electrons. The van der Waals surface area contributed by atoms with Crippen molar-refractivity contribution >= 4 is 22.6 Å². The van der Waals surface area contributed by atoms with E-state index in [1.165, 1.54) is 12.1 Å². The third-order valence-corrected chi connectivity index (χ3v) is 5.99. The van der Waals surface area contributed by atoms with Gasteiger partial charge in [0.15, 0.2) is 0 Å². The van der Waals surface area contributed by atoms with Gasteiger partial charge in [0.25, 0.3) is 5.91 Å². The summed E-state index contributed by atoms with van der Waals surface area (Å²) in [5.41, 5.74) is 2.42. The van der Waals surface area contributed by atoms with Gasteiger partial charge in [0.2, 0.25) is 0 Å². The van der Waals surface area contributed by atoms with E-state index in [2.05, 4.69) is 32.6 Å². The SMILES string of the molecule is CNc1cc(C2(NC(=O)c3cncc4c3cnn4-c3ccc(F)cc3)CC2C)ccn1. The van der Waals surface area contributed by atoms with E-state index < -0.39 is 5.54 Å². The number of amides is 1. The second-order valence-corrected chi connectivity index (χ2v) is 7.86. The monoisotopic (exact) mass is 416 g/mol. The van der Waals surface area contributed by atoms with Crippen LogP contribution in [0.15, 0.2) is 61.2 Å². The molecule has 8 heteroatoms. The molecule has 0 saturated heterocycles. The van der Waals surface area contributed by atoms with Crippen molar-refractivity contribution in [3.63, 3.8) is 0 Å². The zero-order chi connectivity index (χ0) is 21.6. The summed E-state index contributed by atoms with van der Waals surface area (Å²) < 4.78 is 14.9. The summed E-state index contributed by atoms with van der Waals surface area (Å²) in [6.45, 7) is 2.12. The predicted molar refractivity (Wildman–Crippen MR) is 116 cm³/mol. The second kappa shape index (κ2) is 7.16. The zero-order valence-electron chi connectivity index (χ0n) is 17.1. The van der Waals surface area contributed by atoms with E-state index >= 15 is 0 Å². The summed E-state index contributed by atoms with van der Waals surface area (Å²) in [7, 11) is 1.82. The first-order chi connectivity index (χ1) is 15.0. The summed E-state index contributed by atoms with van der Waals surface area (Å²) in [5.74, 6) is 0.538. The lowest BCUT2D eigenvalue weighted by Gasteiger charge is -2.20. The minimum absolute atomic E-state index is 0.205. The Bertz CT molecular complexity index is 1280. The summed E-state index contributed by atoms with van der Waals surface area (Å²) in [6, 6.07) is 9.93. The largest absolute Gasteiger partial charge is 0.373 e. The van der Waals surface area contributed by atoms with Crippen molar-refractivity contribution in [3.8, 4) is 5.69 Å². The van der Waals surface area contributed by atoms with Gasteiger partial charge in [-0.15, -0.1) is 0 Å². The fourth-order valence-corrected chi connectivity index (χ4v) is 4.10. The van der Waals surface area contributed by atoms with E-state index in [-0.39, 0.29) is 11.7 Å². The topological polar surface area (TPSA) is 84.7 Å². The highest BCUT2D eigenvalue weighted by atomic mass is 19.1. The Hall–Kier alpha value is -3.81. The lowest BCUT2D eigenvalue weighted by atomic mass is 10.0. The number of rotatable bonds is 5. The number of nitrogens with one attached hydrogen (secondary N) is 2. The molecule has 2 unspecified atom stereocenters. The molecule has 1 aliphatic carbocycles. The summed E-state index contributed by atoms with van der Waals surface area (Å²) >= 11 is 0. The van der Waals surface area contributed by atoms with Crippen LogP contribution in [0, 0.1) is 11.7 Å². The van der Waals surface area contributed by atoms with Crippen LogP contribution in [-0.4, -0.2) is 32.7 Å². The van der Waals surface area contributed by atoms with Gasteiger partial charge >= 0.3 is 0 Å². The molecule has 0 radical (unpaired) electrons. The van der Waals surface area contributed by atoms with Crippen LogP contribution in [0.2, 0.25) is 0 Å². The minimum atomic E-state index is -0.430. The van der Waals surface area contributed by atoms with Gasteiger partial charge in [-0.25, -0.2) is 14.1 Å². The standard InChI is InChI=1S/C23H21FN6O/c1-14-10-23(14,15-7-8-27-21(9-15)25-2)29-22(31)19-11-26-13-20-18(19)12-28-30(20)17-5-3-16(24)4-6-17/h3-9,11-14H,10H2,1-2H3,(H,25,27)(H,29,31). The average molecular weight is 416 g/mol. The molecule has 7 nitrogen and oxygen atoms in total. The molecule has 0 spiro atoms. The quantitative estimate of drug-likeness (QED) is 0.519. The first kappa shape index (κ1) is 19.2. The van der Waals surface area contributed by atoms with Crippen LogP contribution in [0.4, 0.5) is 10.2 Å². The minimum Gasteiger partial charge on any atom is -0.373 e. The number of carbonyl (C=O) groups is 1. The van der Waals surface area contributed by atoms with Gasteiger partial charge in [-0.1, -0.05) is 6.92 Å². The Labute approximate surface area is 178 Å². The third-order valence-electron chi connectivity index (χ3n) is 5.99. The molecule has 0 bridgehead atoms. The normalized spacial score (nSPS) is 19.9. The number of fused-ring (bicyclic) bond motifs is 1. The van der Waals surface area contributed by atoms with Gasteiger partial charge in [0.1, 0.15) is 11.6 Å². The molecule has 1 saturated carbocycles. The molecule has 5 rings (SSSR count). The first-order valence-electron chi connectivity index (χ1n) is 10.1. The number of halogens is 1. The lowest BCUT2D eigenvalue weighted by Crippen LogP contribution is -2.36. The molecule has 1 aromatic carbocycles. The van der Waals surface area contributed by atoms with Crippen molar-refractivity contribution in [2.45, 2.75) is 18.9 Å². The van der Waals surface area contributed by atoms with Gasteiger partial charge in [0.05, 0.1) is 34.7 Å². The van der Waals surface area contributed by atoms with E-state index in [4.69, 9.17) is 0 Å². The lowest BCUT2D eigenvalue weighted by molar-refractivity contribution is 0.0928. The Morgan fingerprint density at radius 3 is 2.68 bits per heavy atom. The molecular formula is C23H21FN6O. The van der Waals surface area contributed by atoms with Crippen LogP contribution in [0.1, 0.15) is 29.3 Å². The van der Waals surface area contributed by atoms with Crippen LogP contribution in [-0.2, 0) is 5.54 Å². The number of aromatic nitrogens is 4. The molecule has 1 fully saturated rings. The van der Waals surface area contributed by atoms with Crippen LogP contribution < -0.4 is 10.6 Å². The van der Waals surface area contributed by atoms with Crippen molar-refractivity contribution in [1.82, 2.24) is 25.1 Å². The summed E-state index contributed by atoms with van der Waals surface area (Å²) in [6.07, 6.45) is 7.45. The Morgan fingerprint density at radius 1 is 1.19 bits per heavy atom. The van der Waals surface area contributed by atoms with E-state index in [9.17, 15) is 9.18 Å². The molecule has 0 aliphatic heterocycles. The maximum atomic E-state index is 13.3. The highest BCUT2D eigenvalue weighted by Gasteiger charge is 2.54. The fraction of sp³-hybridized carbons (Fsp3) is 0.217. The average Bonchev–Trinajstić information content (AvgIpc) is 3.24. The van der Waals surface area contributed by atoms with Gasteiger partial charge in [-0.3, -0.25) is 9.78 Å². The number of nitrogens with zero attached hydrogens (tertiary/aromatic N) is 4. The van der Waals surface area contributed by atoms with E-state index in [1.807, 2.05) is 19.2 Å². The smallest absolute Gasteiger partial charge is 0.254 e. The van der Waals surface area contributed by atoms with Crippen molar-refractivity contribution < 1.29 is 9.18 Å². The molecule has 3 aromatic heterocycles. The number of carbonyl (C=O) groups excluding carboxylic acids is 1. The molecule has 2 N–H and O–H groups in total.